The highest BCUT2D eigenvalue weighted by molar-refractivity contribution is 7.89. The van der Waals surface area contributed by atoms with Crippen LogP contribution in [0.25, 0.3) is 0 Å². The summed E-state index contributed by atoms with van der Waals surface area (Å²) in [6, 6.07) is 11.5. The molecule has 0 bridgehead atoms. The molecule has 8 nitrogen and oxygen atoms in total. The molecule has 0 radical (unpaired) electrons. The molecule has 31 heavy (non-hydrogen) atoms. The molecule has 2 aliphatic rings. The van der Waals surface area contributed by atoms with Crippen molar-refractivity contribution in [1.29, 1.82) is 0 Å². The van der Waals surface area contributed by atoms with Crippen molar-refractivity contribution in [2.75, 3.05) is 26.2 Å². The van der Waals surface area contributed by atoms with Crippen molar-refractivity contribution in [3.05, 3.63) is 59.4 Å². The van der Waals surface area contributed by atoms with Gasteiger partial charge in [0.25, 0.3) is 0 Å². The van der Waals surface area contributed by atoms with Gasteiger partial charge in [-0.1, -0.05) is 41.9 Å². The molecule has 1 aromatic heterocycles. The van der Waals surface area contributed by atoms with Crippen LogP contribution in [-0.2, 0) is 19.6 Å². The minimum atomic E-state index is -3.78. The Labute approximate surface area is 186 Å². The van der Waals surface area contributed by atoms with E-state index in [1.807, 2.05) is 30.3 Å². The van der Waals surface area contributed by atoms with Crippen molar-refractivity contribution in [3.63, 3.8) is 0 Å². The van der Waals surface area contributed by atoms with Crippen LogP contribution in [0, 0.1) is 5.92 Å². The minimum Gasteiger partial charge on any atom is -0.352 e. The lowest BCUT2D eigenvalue weighted by atomic mass is 9.94. The van der Waals surface area contributed by atoms with Gasteiger partial charge in [0.05, 0.1) is 0 Å². The van der Waals surface area contributed by atoms with E-state index in [0.717, 1.165) is 5.56 Å². The number of nitrogens with zero attached hydrogens (tertiary/aromatic N) is 3. The first-order valence-corrected chi connectivity index (χ1v) is 11.9. The summed E-state index contributed by atoms with van der Waals surface area (Å²) in [4.78, 5) is 31.3. The van der Waals surface area contributed by atoms with Gasteiger partial charge in [0.15, 0.2) is 0 Å². The molecule has 3 heterocycles. The van der Waals surface area contributed by atoms with E-state index in [1.54, 1.807) is 4.90 Å². The Bertz CT molecular complexity index is 1070. The number of sulfonamides is 1. The Morgan fingerprint density at radius 1 is 1.06 bits per heavy atom. The Morgan fingerprint density at radius 3 is 2.45 bits per heavy atom. The molecule has 1 N–H and O–H groups in total. The highest BCUT2D eigenvalue weighted by atomic mass is 35.5. The Hall–Kier alpha value is -2.49. The number of halogens is 1. The molecule has 0 aliphatic carbocycles. The predicted molar refractivity (Wildman–Crippen MR) is 115 cm³/mol. The van der Waals surface area contributed by atoms with Gasteiger partial charge in [0, 0.05) is 38.3 Å². The van der Waals surface area contributed by atoms with Gasteiger partial charge in [-0.2, -0.15) is 4.31 Å². The standard InChI is InChI=1S/C21H23ClN4O4S/c22-19-17(7-4-10-23-19)31(29,30)25-12-8-16(9-13-25)21(28)26-14-11-24-20(27)18(26)15-5-2-1-3-6-15/h1-7,10,16,18H,8-9,11-14H2,(H,24,27)/t18-/m1/s1. The van der Waals surface area contributed by atoms with Gasteiger partial charge in [0.1, 0.15) is 16.1 Å². The molecule has 2 aromatic rings. The summed E-state index contributed by atoms with van der Waals surface area (Å²) in [5.41, 5.74) is 0.763. The van der Waals surface area contributed by atoms with Crippen molar-refractivity contribution in [3.8, 4) is 0 Å². The second kappa shape index (κ2) is 8.94. The fourth-order valence-electron chi connectivity index (χ4n) is 4.15. The van der Waals surface area contributed by atoms with Crippen LogP contribution in [0.4, 0.5) is 0 Å². The summed E-state index contributed by atoms with van der Waals surface area (Å²) in [6.07, 6.45) is 2.20. The molecule has 2 aliphatic heterocycles. The maximum Gasteiger partial charge on any atom is 0.247 e. The Balaban J connectivity index is 1.48. The molecule has 0 saturated carbocycles. The van der Waals surface area contributed by atoms with Gasteiger partial charge in [-0.15, -0.1) is 0 Å². The lowest BCUT2D eigenvalue weighted by Gasteiger charge is -2.39. The first-order chi connectivity index (χ1) is 14.9. The largest absolute Gasteiger partial charge is 0.352 e. The van der Waals surface area contributed by atoms with Gasteiger partial charge >= 0.3 is 0 Å². The Kier molecular flexibility index (Phi) is 6.27. The van der Waals surface area contributed by atoms with E-state index in [9.17, 15) is 18.0 Å². The maximum absolute atomic E-state index is 13.3. The van der Waals surface area contributed by atoms with Crippen LogP contribution in [-0.4, -0.2) is 60.6 Å². The molecular formula is C21H23ClN4O4S. The van der Waals surface area contributed by atoms with Crippen molar-refractivity contribution in [2.45, 2.75) is 23.8 Å². The second-order valence-corrected chi connectivity index (χ2v) is 9.87. The van der Waals surface area contributed by atoms with Crippen molar-refractivity contribution in [1.82, 2.24) is 19.5 Å². The molecule has 2 amide bonds. The molecule has 0 unspecified atom stereocenters. The molecule has 164 valence electrons. The van der Waals surface area contributed by atoms with E-state index in [1.165, 1.54) is 22.6 Å². The first kappa shape index (κ1) is 21.7. The zero-order valence-corrected chi connectivity index (χ0v) is 18.3. The van der Waals surface area contributed by atoms with Gasteiger partial charge in [-0.05, 0) is 30.5 Å². The molecule has 1 aromatic carbocycles. The van der Waals surface area contributed by atoms with Crippen LogP contribution in [0.5, 0.6) is 0 Å². The average molecular weight is 463 g/mol. The number of carbonyl (C=O) groups excluding carboxylic acids is 2. The number of amides is 2. The van der Waals surface area contributed by atoms with Crippen LogP contribution in [0.3, 0.4) is 0 Å². The number of piperidine rings is 1. The summed E-state index contributed by atoms with van der Waals surface area (Å²) in [5, 5.41) is 2.77. The number of benzene rings is 1. The smallest absolute Gasteiger partial charge is 0.247 e. The van der Waals surface area contributed by atoms with E-state index >= 15 is 0 Å². The normalized spacial score (nSPS) is 21.0. The summed E-state index contributed by atoms with van der Waals surface area (Å²) in [7, 11) is -3.78. The number of rotatable bonds is 4. The molecular weight excluding hydrogens is 440 g/mol. The second-order valence-electron chi connectivity index (χ2n) is 7.61. The number of carbonyl (C=O) groups is 2. The zero-order chi connectivity index (χ0) is 22.0. The fraction of sp³-hybridized carbons (Fsp3) is 0.381. The lowest BCUT2D eigenvalue weighted by molar-refractivity contribution is -0.147. The number of hydrogen-bond acceptors (Lipinski definition) is 5. The SMILES string of the molecule is O=C1NCCN(C(=O)C2CCN(S(=O)(=O)c3cccnc3Cl)CC2)[C@@H]1c1ccccc1. The van der Waals surface area contributed by atoms with Gasteiger partial charge in [-0.3, -0.25) is 9.59 Å². The summed E-state index contributed by atoms with van der Waals surface area (Å²) >= 11 is 5.98. The van der Waals surface area contributed by atoms with E-state index in [2.05, 4.69) is 10.3 Å². The molecule has 10 heteroatoms. The van der Waals surface area contributed by atoms with E-state index in [-0.39, 0.29) is 40.9 Å². The third-order valence-electron chi connectivity index (χ3n) is 5.76. The third kappa shape index (κ3) is 4.30. The summed E-state index contributed by atoms with van der Waals surface area (Å²) in [6.45, 7) is 1.24. The summed E-state index contributed by atoms with van der Waals surface area (Å²) in [5.74, 6) is -0.648. The van der Waals surface area contributed by atoms with Gasteiger partial charge in [-0.25, -0.2) is 13.4 Å². The lowest BCUT2D eigenvalue weighted by Crippen LogP contribution is -2.54. The quantitative estimate of drug-likeness (QED) is 0.699. The van der Waals surface area contributed by atoms with E-state index in [4.69, 9.17) is 11.6 Å². The van der Waals surface area contributed by atoms with Crippen LogP contribution in [0.1, 0.15) is 24.4 Å². The van der Waals surface area contributed by atoms with Crippen molar-refractivity contribution < 1.29 is 18.0 Å². The minimum absolute atomic E-state index is 0.0294. The van der Waals surface area contributed by atoms with Crippen LogP contribution < -0.4 is 5.32 Å². The number of hydrogen-bond donors (Lipinski definition) is 1. The van der Waals surface area contributed by atoms with Crippen molar-refractivity contribution >= 4 is 33.4 Å². The highest BCUT2D eigenvalue weighted by Gasteiger charge is 2.39. The number of piperazine rings is 1. The van der Waals surface area contributed by atoms with E-state index in [0.29, 0.717) is 25.9 Å². The number of aromatic nitrogens is 1. The third-order valence-corrected chi connectivity index (χ3v) is 8.10. The van der Waals surface area contributed by atoms with Crippen LogP contribution in [0.15, 0.2) is 53.6 Å². The highest BCUT2D eigenvalue weighted by Crippen LogP contribution is 2.31. The molecule has 2 fully saturated rings. The predicted octanol–water partition coefficient (Wildman–Crippen LogP) is 1.84. The van der Waals surface area contributed by atoms with Gasteiger partial charge in [0.2, 0.25) is 21.8 Å². The number of pyridine rings is 1. The maximum atomic E-state index is 13.3. The Morgan fingerprint density at radius 2 is 1.77 bits per heavy atom. The first-order valence-electron chi connectivity index (χ1n) is 10.1. The monoisotopic (exact) mass is 462 g/mol. The summed E-state index contributed by atoms with van der Waals surface area (Å²) < 4.78 is 27.2. The van der Waals surface area contributed by atoms with Crippen LogP contribution in [0.2, 0.25) is 5.15 Å². The average Bonchev–Trinajstić information content (AvgIpc) is 2.79. The number of nitrogens with one attached hydrogen (secondary N) is 1. The topological polar surface area (TPSA) is 99.7 Å². The molecule has 2 saturated heterocycles. The van der Waals surface area contributed by atoms with Crippen molar-refractivity contribution in [2.24, 2.45) is 5.92 Å². The van der Waals surface area contributed by atoms with Crippen LogP contribution >= 0.6 is 11.6 Å². The molecule has 4 rings (SSSR count). The zero-order valence-electron chi connectivity index (χ0n) is 16.8. The van der Waals surface area contributed by atoms with E-state index < -0.39 is 16.1 Å². The molecule has 1 atom stereocenters. The molecule has 0 spiro atoms. The fourth-order valence-corrected chi connectivity index (χ4v) is 6.05. The van der Waals surface area contributed by atoms with Gasteiger partial charge < -0.3 is 10.2 Å².